The van der Waals surface area contributed by atoms with Crippen LogP contribution in [0.3, 0.4) is 0 Å². The van der Waals surface area contributed by atoms with Crippen LogP contribution >= 0.6 is 23.2 Å². The maximum atomic E-state index is 13.6. The van der Waals surface area contributed by atoms with Crippen molar-refractivity contribution in [2.45, 2.75) is 72.1 Å². The minimum atomic E-state index is -2.93. The van der Waals surface area contributed by atoms with Crippen LogP contribution in [0.25, 0.3) is 0 Å². The van der Waals surface area contributed by atoms with Gasteiger partial charge in [0, 0.05) is 36.9 Å². The maximum absolute atomic E-state index is 13.6. The highest BCUT2D eigenvalue weighted by atomic mass is 35.5. The summed E-state index contributed by atoms with van der Waals surface area (Å²) in [5.74, 6) is 0.00835. The molecule has 1 heterocycles. The van der Waals surface area contributed by atoms with Gasteiger partial charge >= 0.3 is 0 Å². The minimum absolute atomic E-state index is 0. The van der Waals surface area contributed by atoms with Crippen molar-refractivity contribution in [1.29, 1.82) is 0 Å². The maximum Gasteiger partial charge on any atom is 0.251 e. The first kappa shape index (κ1) is 33.2. The SMILES string of the molecule is CCNc1cc(C(=O)N[C@@H](Cc2ccccc2)[C@@H](O)CN[C@H](C)C(C)(C)C)cc(N2CCCCS2(O)O)c1.Cl. The second kappa shape index (κ2) is 14.6. The molecule has 0 saturated carbocycles. The summed E-state index contributed by atoms with van der Waals surface area (Å²) in [6.45, 7) is 12.0. The van der Waals surface area contributed by atoms with E-state index < -0.39 is 22.9 Å². The van der Waals surface area contributed by atoms with Crippen molar-refractivity contribution in [3.8, 4) is 0 Å². The molecular formula is C29H47ClN4O4S. The Morgan fingerprint density at radius 2 is 1.79 bits per heavy atom. The van der Waals surface area contributed by atoms with Crippen molar-refractivity contribution in [3.05, 3.63) is 59.7 Å². The number of carbonyl (C=O) groups is 1. The van der Waals surface area contributed by atoms with Crippen LogP contribution < -0.4 is 20.3 Å². The summed E-state index contributed by atoms with van der Waals surface area (Å²) in [6, 6.07) is 14.8. The molecule has 2 aromatic rings. The molecule has 10 heteroatoms. The number of anilines is 2. The minimum Gasteiger partial charge on any atom is -0.390 e. The molecule has 220 valence electrons. The van der Waals surface area contributed by atoms with E-state index in [4.69, 9.17) is 0 Å². The van der Waals surface area contributed by atoms with Gasteiger partial charge in [-0.1, -0.05) is 51.1 Å². The van der Waals surface area contributed by atoms with Gasteiger partial charge in [-0.05, 0) is 62.3 Å². The van der Waals surface area contributed by atoms with E-state index in [-0.39, 0.29) is 29.8 Å². The highest BCUT2D eigenvalue weighted by Crippen LogP contribution is 2.50. The van der Waals surface area contributed by atoms with Gasteiger partial charge in [0.1, 0.15) is 0 Å². The van der Waals surface area contributed by atoms with Crippen molar-refractivity contribution in [1.82, 2.24) is 10.6 Å². The molecule has 1 amide bonds. The Hall–Kier alpha value is -2.01. The van der Waals surface area contributed by atoms with E-state index in [9.17, 15) is 19.0 Å². The van der Waals surface area contributed by atoms with E-state index in [0.717, 1.165) is 24.1 Å². The Morgan fingerprint density at radius 3 is 2.41 bits per heavy atom. The number of aliphatic hydroxyl groups is 1. The molecule has 8 nitrogen and oxygen atoms in total. The molecule has 1 aliphatic rings. The number of benzene rings is 2. The summed E-state index contributed by atoms with van der Waals surface area (Å²) in [6.07, 6.45) is 1.29. The standard InChI is InChI=1S/C29H46N4O4S.ClH/c1-6-30-24-17-23(18-25(19-24)33-14-10-11-15-38(33,36)37)28(35)32-26(16-22-12-8-7-9-13-22)27(34)20-31-21(2)29(3,4)5;/h7-9,12-13,17-19,21,26-27,30-31,34,36-37H,6,10-11,14-16,20H2,1-5H3,(H,32,35);1H/t21-,26+,27+;/m1./s1. The average molecular weight is 583 g/mol. The van der Waals surface area contributed by atoms with Crippen molar-refractivity contribution in [3.63, 3.8) is 0 Å². The van der Waals surface area contributed by atoms with Crippen molar-refractivity contribution < 1.29 is 19.0 Å². The molecule has 1 aliphatic heterocycles. The number of hydrogen-bond donors (Lipinski definition) is 6. The highest BCUT2D eigenvalue weighted by Gasteiger charge is 2.29. The molecule has 3 rings (SSSR count). The molecule has 39 heavy (non-hydrogen) atoms. The second-order valence-electron chi connectivity index (χ2n) is 11.3. The van der Waals surface area contributed by atoms with Gasteiger partial charge in [-0.25, -0.2) is 0 Å². The summed E-state index contributed by atoms with van der Waals surface area (Å²) >= 11 is 0. The lowest BCUT2D eigenvalue weighted by atomic mass is 9.88. The van der Waals surface area contributed by atoms with Crippen LogP contribution in [0.4, 0.5) is 11.4 Å². The number of carbonyl (C=O) groups excluding carboxylic acids is 1. The topological polar surface area (TPSA) is 117 Å². The fourth-order valence-corrected chi connectivity index (χ4v) is 6.12. The van der Waals surface area contributed by atoms with Gasteiger partial charge in [-0.15, -0.1) is 23.2 Å². The largest absolute Gasteiger partial charge is 0.390 e. The first-order valence-electron chi connectivity index (χ1n) is 13.6. The van der Waals surface area contributed by atoms with E-state index in [1.807, 2.05) is 43.3 Å². The number of aliphatic hydroxyl groups excluding tert-OH is 1. The van der Waals surface area contributed by atoms with Crippen LogP contribution in [-0.4, -0.2) is 63.7 Å². The van der Waals surface area contributed by atoms with Crippen molar-refractivity contribution in [2.24, 2.45) is 5.41 Å². The van der Waals surface area contributed by atoms with E-state index in [0.29, 0.717) is 43.1 Å². The zero-order valence-corrected chi connectivity index (χ0v) is 25.4. The Labute approximate surface area is 241 Å². The number of nitrogens with zero attached hydrogens (tertiary/aromatic N) is 1. The number of rotatable bonds is 11. The molecule has 3 atom stereocenters. The van der Waals surface area contributed by atoms with Gasteiger partial charge in [0.25, 0.3) is 5.91 Å². The quantitative estimate of drug-likeness (QED) is 0.206. The molecule has 0 spiro atoms. The van der Waals surface area contributed by atoms with Gasteiger partial charge in [-0.3, -0.25) is 18.2 Å². The molecule has 0 bridgehead atoms. The summed E-state index contributed by atoms with van der Waals surface area (Å²) in [4.78, 5) is 13.6. The molecule has 0 aliphatic carbocycles. The third-order valence-corrected chi connectivity index (χ3v) is 9.18. The lowest BCUT2D eigenvalue weighted by molar-refractivity contribution is 0.0813. The fourth-order valence-electron chi connectivity index (χ4n) is 4.45. The lowest BCUT2D eigenvalue weighted by Gasteiger charge is -2.47. The van der Waals surface area contributed by atoms with E-state index in [1.165, 1.54) is 0 Å². The third-order valence-electron chi connectivity index (χ3n) is 7.24. The molecule has 2 aromatic carbocycles. The van der Waals surface area contributed by atoms with Crippen LogP contribution in [0, 0.1) is 5.41 Å². The Morgan fingerprint density at radius 1 is 1.10 bits per heavy atom. The van der Waals surface area contributed by atoms with Gasteiger partial charge in [0.05, 0.1) is 23.6 Å². The molecule has 1 fully saturated rings. The predicted octanol–water partition coefficient (Wildman–Crippen LogP) is 5.53. The highest BCUT2D eigenvalue weighted by molar-refractivity contribution is 8.25. The Bertz CT molecular complexity index is 1050. The van der Waals surface area contributed by atoms with Crippen LogP contribution in [0.15, 0.2) is 48.5 Å². The molecule has 0 aromatic heterocycles. The van der Waals surface area contributed by atoms with Crippen LogP contribution in [0.5, 0.6) is 0 Å². The predicted molar refractivity (Wildman–Crippen MR) is 166 cm³/mol. The monoisotopic (exact) mass is 582 g/mol. The van der Waals surface area contributed by atoms with Gasteiger partial charge in [0.15, 0.2) is 0 Å². The first-order valence-corrected chi connectivity index (χ1v) is 15.3. The van der Waals surface area contributed by atoms with E-state index in [1.54, 1.807) is 16.4 Å². The third kappa shape index (κ3) is 9.55. The lowest BCUT2D eigenvalue weighted by Crippen LogP contribution is -2.51. The van der Waals surface area contributed by atoms with Crippen molar-refractivity contribution >= 4 is 40.5 Å². The first-order chi connectivity index (χ1) is 17.9. The number of nitrogens with one attached hydrogen (secondary N) is 3. The zero-order chi connectivity index (χ0) is 27.9. The molecule has 1 saturated heterocycles. The van der Waals surface area contributed by atoms with Crippen LogP contribution in [-0.2, 0) is 6.42 Å². The van der Waals surface area contributed by atoms with Crippen molar-refractivity contribution in [2.75, 3.05) is 35.0 Å². The fraction of sp³-hybridized carbons (Fsp3) is 0.552. The zero-order valence-electron chi connectivity index (χ0n) is 23.8. The number of halogens is 1. The number of amides is 1. The number of hydrogen-bond acceptors (Lipinski definition) is 7. The van der Waals surface area contributed by atoms with Crippen LogP contribution in [0.1, 0.15) is 63.4 Å². The molecule has 0 radical (unpaired) electrons. The average Bonchev–Trinajstić information content (AvgIpc) is 2.86. The summed E-state index contributed by atoms with van der Waals surface area (Å²) < 4.78 is 23.0. The van der Waals surface area contributed by atoms with E-state index in [2.05, 4.69) is 43.6 Å². The molecular weight excluding hydrogens is 536 g/mol. The van der Waals surface area contributed by atoms with E-state index >= 15 is 0 Å². The smallest absolute Gasteiger partial charge is 0.251 e. The Kier molecular flexibility index (Phi) is 12.4. The summed E-state index contributed by atoms with van der Waals surface area (Å²) in [7, 11) is -2.93. The molecule has 6 N–H and O–H groups in total. The summed E-state index contributed by atoms with van der Waals surface area (Å²) in [5, 5.41) is 20.9. The second-order valence-corrected chi connectivity index (χ2v) is 13.4. The summed E-state index contributed by atoms with van der Waals surface area (Å²) in [5.41, 5.74) is 2.79. The Balaban J connectivity index is 0.00000533. The normalized spacial score (nSPS) is 18.3. The molecule has 0 unspecified atom stereocenters. The van der Waals surface area contributed by atoms with Crippen LogP contribution in [0.2, 0.25) is 0 Å². The van der Waals surface area contributed by atoms with Gasteiger partial charge in [-0.2, -0.15) is 0 Å². The van der Waals surface area contributed by atoms with Gasteiger partial charge in [0.2, 0.25) is 0 Å². The van der Waals surface area contributed by atoms with Gasteiger partial charge < -0.3 is 21.1 Å².